The Morgan fingerprint density at radius 3 is 2.14 bits per heavy atom. The summed E-state index contributed by atoms with van der Waals surface area (Å²) in [5, 5.41) is 4.30. The highest BCUT2D eigenvalue weighted by molar-refractivity contribution is 4.95. The number of hydrogen-bond donors (Lipinski definition) is 2. The Morgan fingerprint density at radius 1 is 1.29 bits per heavy atom. The van der Waals surface area contributed by atoms with Gasteiger partial charge in [-0.2, -0.15) is 0 Å². The van der Waals surface area contributed by atoms with Crippen molar-refractivity contribution in [2.75, 3.05) is 0 Å². The lowest BCUT2D eigenvalue weighted by Crippen LogP contribution is -2.21. The van der Waals surface area contributed by atoms with Crippen LogP contribution in [0, 0.1) is 0 Å². The van der Waals surface area contributed by atoms with Gasteiger partial charge in [-0.15, -0.1) is 0 Å². The molecule has 1 aliphatic heterocycles. The summed E-state index contributed by atoms with van der Waals surface area (Å²) in [6.45, 7) is 0. The second-order valence-corrected chi connectivity index (χ2v) is 1.25. The SMILES string of the molecule is NN1C=CNC=C1. The number of nitrogens with one attached hydrogen (secondary N) is 1. The van der Waals surface area contributed by atoms with Gasteiger partial charge in [0.05, 0.1) is 0 Å². The first-order valence-electron chi connectivity index (χ1n) is 2.02. The lowest BCUT2D eigenvalue weighted by molar-refractivity contribution is 0.525. The van der Waals surface area contributed by atoms with Crippen LogP contribution in [0.5, 0.6) is 0 Å². The Balaban J connectivity index is 2.49. The van der Waals surface area contributed by atoms with Gasteiger partial charge in [0.25, 0.3) is 0 Å². The van der Waals surface area contributed by atoms with E-state index in [9.17, 15) is 0 Å². The third-order valence-corrected chi connectivity index (χ3v) is 0.686. The molecule has 0 atom stereocenters. The van der Waals surface area contributed by atoms with E-state index in [1.54, 1.807) is 24.8 Å². The summed E-state index contributed by atoms with van der Waals surface area (Å²) >= 11 is 0. The van der Waals surface area contributed by atoms with Gasteiger partial charge in [-0.25, -0.2) is 5.84 Å². The summed E-state index contributed by atoms with van der Waals surface area (Å²) in [5.41, 5.74) is 0. The van der Waals surface area contributed by atoms with Crippen molar-refractivity contribution < 1.29 is 0 Å². The van der Waals surface area contributed by atoms with Gasteiger partial charge >= 0.3 is 0 Å². The van der Waals surface area contributed by atoms with Gasteiger partial charge in [0.1, 0.15) is 0 Å². The minimum absolute atomic E-state index is 1.47. The number of hydrogen-bond acceptors (Lipinski definition) is 3. The first-order chi connectivity index (χ1) is 3.39. The average Bonchev–Trinajstić information content (AvgIpc) is 1.69. The monoisotopic (exact) mass is 97.1 g/mol. The molecule has 7 heavy (non-hydrogen) atoms. The zero-order valence-corrected chi connectivity index (χ0v) is 3.83. The van der Waals surface area contributed by atoms with Crippen molar-refractivity contribution in [2.45, 2.75) is 0 Å². The summed E-state index contributed by atoms with van der Waals surface area (Å²) in [6.07, 6.45) is 6.94. The molecule has 3 nitrogen and oxygen atoms in total. The fourth-order valence-corrected chi connectivity index (χ4v) is 0.363. The topological polar surface area (TPSA) is 41.3 Å². The maximum absolute atomic E-state index is 5.25. The smallest absolute Gasteiger partial charge is 0.0367 e. The van der Waals surface area contributed by atoms with Crippen molar-refractivity contribution >= 4 is 0 Å². The molecular weight excluding hydrogens is 90.1 g/mol. The lowest BCUT2D eigenvalue weighted by Gasteiger charge is -2.09. The molecular formula is C4H7N3. The van der Waals surface area contributed by atoms with Gasteiger partial charge in [0.2, 0.25) is 0 Å². The summed E-state index contributed by atoms with van der Waals surface area (Å²) < 4.78 is 0. The van der Waals surface area contributed by atoms with E-state index >= 15 is 0 Å². The molecule has 3 N–H and O–H groups in total. The van der Waals surface area contributed by atoms with E-state index in [1.165, 1.54) is 5.01 Å². The fraction of sp³-hybridized carbons (Fsp3) is 0. The molecule has 0 aromatic heterocycles. The van der Waals surface area contributed by atoms with Crippen LogP contribution in [0.1, 0.15) is 0 Å². The molecule has 0 radical (unpaired) electrons. The van der Waals surface area contributed by atoms with Crippen molar-refractivity contribution in [1.82, 2.24) is 10.3 Å². The molecule has 1 heterocycles. The normalized spacial score (nSPS) is 17.0. The molecule has 0 aliphatic carbocycles. The predicted molar refractivity (Wildman–Crippen MR) is 27.4 cm³/mol. The second-order valence-electron chi connectivity index (χ2n) is 1.25. The lowest BCUT2D eigenvalue weighted by atomic mass is 10.7. The third-order valence-electron chi connectivity index (χ3n) is 0.686. The van der Waals surface area contributed by atoms with Crippen molar-refractivity contribution in [2.24, 2.45) is 5.84 Å². The highest BCUT2D eigenvalue weighted by Gasteiger charge is 1.83. The van der Waals surface area contributed by atoms with Gasteiger partial charge in [-0.3, -0.25) is 5.01 Å². The Hall–Kier alpha value is -0.960. The molecule has 0 saturated carbocycles. The minimum atomic E-state index is 1.47. The van der Waals surface area contributed by atoms with E-state index in [0.29, 0.717) is 0 Å². The fourth-order valence-electron chi connectivity index (χ4n) is 0.363. The first kappa shape index (κ1) is 4.21. The van der Waals surface area contributed by atoms with Crippen LogP contribution >= 0.6 is 0 Å². The third kappa shape index (κ3) is 0.940. The Morgan fingerprint density at radius 2 is 1.86 bits per heavy atom. The van der Waals surface area contributed by atoms with E-state index in [4.69, 9.17) is 5.84 Å². The van der Waals surface area contributed by atoms with Crippen molar-refractivity contribution in [3.63, 3.8) is 0 Å². The summed E-state index contributed by atoms with van der Waals surface area (Å²) in [6, 6.07) is 0. The van der Waals surface area contributed by atoms with Gasteiger partial charge < -0.3 is 5.32 Å². The largest absolute Gasteiger partial charge is 0.365 e. The molecule has 38 valence electrons. The van der Waals surface area contributed by atoms with Crippen molar-refractivity contribution in [3.05, 3.63) is 24.8 Å². The number of nitrogens with zero attached hydrogens (tertiary/aromatic N) is 1. The number of nitrogens with two attached hydrogens (primary N) is 1. The van der Waals surface area contributed by atoms with Crippen LogP contribution in [0.4, 0.5) is 0 Å². The van der Waals surface area contributed by atoms with Crippen molar-refractivity contribution in [3.8, 4) is 0 Å². The highest BCUT2D eigenvalue weighted by atomic mass is 15.4. The van der Waals surface area contributed by atoms with Gasteiger partial charge in [-0.1, -0.05) is 0 Å². The zero-order chi connectivity index (χ0) is 5.11. The molecule has 0 bridgehead atoms. The standard InChI is InChI=1S/C4H7N3/c5-7-3-1-6-2-4-7/h1-4,6H,5H2. The van der Waals surface area contributed by atoms with E-state index in [2.05, 4.69) is 5.32 Å². The Kier molecular flexibility index (Phi) is 0.997. The van der Waals surface area contributed by atoms with Crippen LogP contribution in [-0.4, -0.2) is 5.01 Å². The van der Waals surface area contributed by atoms with Crippen LogP contribution in [0.2, 0.25) is 0 Å². The number of rotatable bonds is 0. The highest BCUT2D eigenvalue weighted by Crippen LogP contribution is 1.83. The maximum Gasteiger partial charge on any atom is 0.0367 e. The average molecular weight is 97.1 g/mol. The molecule has 0 saturated heterocycles. The molecule has 0 fully saturated rings. The van der Waals surface area contributed by atoms with Crippen molar-refractivity contribution in [1.29, 1.82) is 0 Å². The molecule has 0 aromatic rings. The van der Waals surface area contributed by atoms with Gasteiger partial charge in [0, 0.05) is 24.8 Å². The molecule has 1 rings (SSSR count). The molecule has 0 spiro atoms. The Labute approximate surface area is 42.1 Å². The van der Waals surface area contributed by atoms with E-state index in [1.807, 2.05) is 0 Å². The Bertz CT molecular complexity index is 93.5. The summed E-state index contributed by atoms with van der Waals surface area (Å²) in [7, 11) is 0. The zero-order valence-electron chi connectivity index (χ0n) is 3.83. The van der Waals surface area contributed by atoms with Gasteiger partial charge in [-0.05, 0) is 0 Å². The molecule has 0 aromatic carbocycles. The van der Waals surface area contributed by atoms with Crippen LogP contribution in [0.15, 0.2) is 24.8 Å². The minimum Gasteiger partial charge on any atom is -0.365 e. The van der Waals surface area contributed by atoms with E-state index < -0.39 is 0 Å². The molecule has 0 amide bonds. The summed E-state index contributed by atoms with van der Waals surface area (Å²) in [5.74, 6) is 5.25. The van der Waals surface area contributed by atoms with Gasteiger partial charge in [0.15, 0.2) is 0 Å². The van der Waals surface area contributed by atoms with Crippen LogP contribution in [0.3, 0.4) is 0 Å². The predicted octanol–water partition coefficient (Wildman–Crippen LogP) is -0.292. The van der Waals surface area contributed by atoms with E-state index in [0.717, 1.165) is 0 Å². The van der Waals surface area contributed by atoms with Crippen LogP contribution in [-0.2, 0) is 0 Å². The number of hydrazine groups is 1. The second kappa shape index (κ2) is 1.66. The van der Waals surface area contributed by atoms with Crippen LogP contribution < -0.4 is 11.2 Å². The molecule has 1 aliphatic rings. The summed E-state index contributed by atoms with van der Waals surface area (Å²) in [4.78, 5) is 0. The first-order valence-corrected chi connectivity index (χ1v) is 2.02. The van der Waals surface area contributed by atoms with E-state index in [-0.39, 0.29) is 0 Å². The quantitative estimate of drug-likeness (QED) is 0.408. The van der Waals surface area contributed by atoms with Crippen LogP contribution in [0.25, 0.3) is 0 Å². The maximum atomic E-state index is 5.25. The molecule has 3 heteroatoms. The molecule has 0 unspecified atom stereocenters.